The standard InChI is InChI=1S/C18H18N4O4S/c1-2-26-18(23)19-14-8-10-15(11-9-14)27(24,25)22-17-12-16(20-21-17)13-6-4-3-5-7-13/h3-12H,2H2,1H3,(H,19,23)(H2,20,21,22). The minimum atomic E-state index is -3.81. The Morgan fingerprint density at radius 3 is 2.48 bits per heavy atom. The summed E-state index contributed by atoms with van der Waals surface area (Å²) in [5, 5.41) is 9.29. The summed E-state index contributed by atoms with van der Waals surface area (Å²) in [5.41, 5.74) is 2.02. The molecule has 0 bridgehead atoms. The molecule has 1 heterocycles. The third kappa shape index (κ3) is 4.64. The van der Waals surface area contributed by atoms with Gasteiger partial charge in [-0.05, 0) is 36.8 Å². The topological polar surface area (TPSA) is 113 Å². The molecule has 3 N–H and O–H groups in total. The zero-order valence-corrected chi connectivity index (χ0v) is 15.3. The first-order valence-corrected chi connectivity index (χ1v) is 9.64. The molecule has 1 amide bonds. The summed E-state index contributed by atoms with van der Waals surface area (Å²) in [6.07, 6.45) is -0.601. The van der Waals surface area contributed by atoms with Gasteiger partial charge in [-0.1, -0.05) is 30.3 Å². The number of ether oxygens (including phenoxy) is 1. The highest BCUT2D eigenvalue weighted by Gasteiger charge is 2.16. The number of rotatable bonds is 6. The second-order valence-electron chi connectivity index (χ2n) is 5.51. The number of hydrogen-bond acceptors (Lipinski definition) is 5. The molecule has 0 unspecified atom stereocenters. The molecule has 27 heavy (non-hydrogen) atoms. The maximum absolute atomic E-state index is 12.5. The van der Waals surface area contributed by atoms with Gasteiger partial charge in [0.2, 0.25) is 0 Å². The van der Waals surface area contributed by atoms with Crippen molar-refractivity contribution in [2.24, 2.45) is 0 Å². The molecule has 0 saturated heterocycles. The van der Waals surface area contributed by atoms with E-state index in [9.17, 15) is 13.2 Å². The molecule has 2 aromatic carbocycles. The minimum absolute atomic E-state index is 0.0427. The lowest BCUT2D eigenvalue weighted by atomic mass is 10.2. The summed E-state index contributed by atoms with van der Waals surface area (Å²) >= 11 is 0. The van der Waals surface area contributed by atoms with Gasteiger partial charge in [-0.25, -0.2) is 13.2 Å². The lowest BCUT2D eigenvalue weighted by molar-refractivity contribution is 0.168. The molecule has 9 heteroatoms. The van der Waals surface area contributed by atoms with Gasteiger partial charge >= 0.3 is 6.09 Å². The van der Waals surface area contributed by atoms with E-state index in [1.807, 2.05) is 30.3 Å². The summed E-state index contributed by atoms with van der Waals surface area (Å²) in [7, 11) is -3.81. The Hall–Kier alpha value is -3.33. The van der Waals surface area contributed by atoms with Crippen molar-refractivity contribution in [1.82, 2.24) is 10.2 Å². The maximum atomic E-state index is 12.5. The van der Waals surface area contributed by atoms with Crippen molar-refractivity contribution in [2.75, 3.05) is 16.6 Å². The van der Waals surface area contributed by atoms with Gasteiger partial charge in [0, 0.05) is 11.8 Å². The Morgan fingerprint density at radius 1 is 1.11 bits per heavy atom. The van der Waals surface area contributed by atoms with Crippen molar-refractivity contribution in [3.05, 3.63) is 60.7 Å². The van der Waals surface area contributed by atoms with E-state index in [1.165, 1.54) is 24.3 Å². The molecule has 3 aromatic rings. The monoisotopic (exact) mass is 386 g/mol. The molecule has 140 valence electrons. The number of aromatic amines is 1. The van der Waals surface area contributed by atoms with E-state index in [4.69, 9.17) is 4.74 Å². The van der Waals surface area contributed by atoms with Gasteiger partial charge in [0.1, 0.15) is 0 Å². The molecule has 8 nitrogen and oxygen atoms in total. The van der Waals surface area contributed by atoms with Crippen LogP contribution < -0.4 is 10.0 Å². The van der Waals surface area contributed by atoms with E-state index in [2.05, 4.69) is 20.2 Å². The lowest BCUT2D eigenvalue weighted by Crippen LogP contribution is -2.15. The van der Waals surface area contributed by atoms with Gasteiger partial charge in [-0.15, -0.1) is 0 Å². The molecule has 0 atom stereocenters. The van der Waals surface area contributed by atoms with Crippen LogP contribution in [0.3, 0.4) is 0 Å². The average Bonchev–Trinajstić information content (AvgIpc) is 3.11. The fourth-order valence-corrected chi connectivity index (χ4v) is 3.33. The van der Waals surface area contributed by atoms with Crippen LogP contribution in [0.5, 0.6) is 0 Å². The fourth-order valence-electron chi connectivity index (χ4n) is 2.34. The summed E-state index contributed by atoms with van der Waals surface area (Å²) < 4.78 is 32.2. The summed E-state index contributed by atoms with van der Waals surface area (Å²) in [5.74, 6) is 0.183. The van der Waals surface area contributed by atoms with Gasteiger partial charge in [0.15, 0.2) is 5.82 Å². The van der Waals surface area contributed by atoms with Crippen LogP contribution in [-0.4, -0.2) is 31.3 Å². The molecule has 0 aliphatic heterocycles. The van der Waals surface area contributed by atoms with Crippen LogP contribution in [0.1, 0.15) is 6.92 Å². The highest BCUT2D eigenvalue weighted by molar-refractivity contribution is 7.92. The number of hydrogen-bond donors (Lipinski definition) is 3. The zero-order chi connectivity index (χ0) is 19.3. The van der Waals surface area contributed by atoms with Crippen LogP contribution in [0.4, 0.5) is 16.3 Å². The lowest BCUT2D eigenvalue weighted by Gasteiger charge is -2.08. The number of sulfonamides is 1. The Morgan fingerprint density at radius 2 is 1.81 bits per heavy atom. The van der Waals surface area contributed by atoms with Crippen molar-refractivity contribution in [3.8, 4) is 11.3 Å². The normalized spacial score (nSPS) is 11.0. The quantitative estimate of drug-likeness (QED) is 0.600. The van der Waals surface area contributed by atoms with Gasteiger partial charge in [-0.2, -0.15) is 5.10 Å². The predicted octanol–water partition coefficient (Wildman–Crippen LogP) is 3.45. The van der Waals surface area contributed by atoms with Crippen LogP contribution in [0, 0.1) is 0 Å². The third-order valence-corrected chi connectivity index (χ3v) is 4.96. The van der Waals surface area contributed by atoms with Gasteiger partial charge in [0.05, 0.1) is 17.2 Å². The van der Waals surface area contributed by atoms with Gasteiger partial charge < -0.3 is 4.74 Å². The number of anilines is 2. The molecule has 0 spiro atoms. The van der Waals surface area contributed by atoms with E-state index < -0.39 is 16.1 Å². The smallest absolute Gasteiger partial charge is 0.411 e. The number of carbonyl (C=O) groups excluding carboxylic acids is 1. The minimum Gasteiger partial charge on any atom is -0.450 e. The molecular formula is C18H18N4O4S. The highest BCUT2D eigenvalue weighted by atomic mass is 32.2. The third-order valence-electron chi connectivity index (χ3n) is 3.59. The van der Waals surface area contributed by atoms with Gasteiger partial charge in [0.25, 0.3) is 10.0 Å². The van der Waals surface area contributed by atoms with E-state index in [-0.39, 0.29) is 17.3 Å². The van der Waals surface area contributed by atoms with Crippen LogP contribution in [0.15, 0.2) is 65.6 Å². The molecule has 0 aliphatic rings. The Labute approximate surface area is 156 Å². The Bertz CT molecular complexity index is 1020. The first-order chi connectivity index (χ1) is 13.0. The number of carbonyl (C=O) groups is 1. The number of nitrogens with one attached hydrogen (secondary N) is 3. The van der Waals surface area contributed by atoms with E-state index in [1.54, 1.807) is 13.0 Å². The number of aromatic nitrogens is 2. The highest BCUT2D eigenvalue weighted by Crippen LogP contribution is 2.22. The largest absolute Gasteiger partial charge is 0.450 e. The molecule has 0 fully saturated rings. The van der Waals surface area contributed by atoms with Crippen LogP contribution >= 0.6 is 0 Å². The van der Waals surface area contributed by atoms with E-state index in [0.29, 0.717) is 11.4 Å². The summed E-state index contributed by atoms with van der Waals surface area (Å²) in [6.45, 7) is 1.94. The number of benzene rings is 2. The molecule has 0 aliphatic carbocycles. The molecule has 3 rings (SSSR count). The van der Waals surface area contributed by atoms with Gasteiger partial charge in [-0.3, -0.25) is 15.1 Å². The first kappa shape index (κ1) is 18.5. The Balaban J connectivity index is 1.71. The van der Waals surface area contributed by atoms with E-state index >= 15 is 0 Å². The predicted molar refractivity (Wildman–Crippen MR) is 102 cm³/mol. The molecule has 0 radical (unpaired) electrons. The van der Waals surface area contributed by atoms with Crippen molar-refractivity contribution in [3.63, 3.8) is 0 Å². The maximum Gasteiger partial charge on any atom is 0.411 e. The van der Waals surface area contributed by atoms with E-state index in [0.717, 1.165) is 5.56 Å². The van der Waals surface area contributed by atoms with Crippen molar-refractivity contribution in [1.29, 1.82) is 0 Å². The second kappa shape index (κ2) is 7.92. The fraction of sp³-hybridized carbons (Fsp3) is 0.111. The van der Waals surface area contributed by atoms with Crippen LogP contribution in [-0.2, 0) is 14.8 Å². The Kier molecular flexibility index (Phi) is 5.41. The number of amides is 1. The molecule has 0 saturated carbocycles. The van der Waals surface area contributed by atoms with Crippen molar-refractivity contribution in [2.45, 2.75) is 11.8 Å². The zero-order valence-electron chi connectivity index (χ0n) is 14.5. The van der Waals surface area contributed by atoms with Crippen molar-refractivity contribution >= 4 is 27.6 Å². The molecular weight excluding hydrogens is 368 g/mol. The molecule has 1 aromatic heterocycles. The number of H-pyrrole nitrogens is 1. The second-order valence-corrected chi connectivity index (χ2v) is 7.19. The summed E-state index contributed by atoms with van der Waals surface area (Å²) in [4.78, 5) is 11.4. The SMILES string of the molecule is CCOC(=O)Nc1ccc(S(=O)(=O)Nc2cc(-c3ccccc3)[nH]n2)cc1. The van der Waals surface area contributed by atoms with Crippen LogP contribution in [0.25, 0.3) is 11.3 Å². The number of nitrogens with zero attached hydrogens (tertiary/aromatic N) is 1. The first-order valence-electron chi connectivity index (χ1n) is 8.15. The average molecular weight is 386 g/mol. The van der Waals surface area contributed by atoms with Crippen molar-refractivity contribution < 1.29 is 17.9 Å². The van der Waals surface area contributed by atoms with Crippen LogP contribution in [0.2, 0.25) is 0 Å². The summed E-state index contributed by atoms with van der Waals surface area (Å²) in [6, 6.07) is 16.8.